The fourth-order valence-corrected chi connectivity index (χ4v) is 0.574. The first-order valence-corrected chi connectivity index (χ1v) is 4.25. The molecule has 86 valence electrons. The van der Waals surface area contributed by atoms with Crippen LogP contribution in [-0.4, -0.2) is 39.6 Å². The molecular weight excluding hydrogens is 202 g/mol. The molecule has 0 rings (SSSR count). The predicted molar refractivity (Wildman–Crippen MR) is 54.9 cm³/mol. The number of nitro groups is 1. The third-order valence-corrected chi connectivity index (χ3v) is 1.66. The van der Waals surface area contributed by atoms with Crippen molar-refractivity contribution in [1.82, 2.24) is 0 Å². The molecule has 0 spiro atoms. The summed E-state index contributed by atoms with van der Waals surface area (Å²) in [6.07, 6.45) is 1.10. The smallest absolute Gasteiger partial charge is 0.315 e. The summed E-state index contributed by atoms with van der Waals surface area (Å²) in [6, 6.07) is 0. The van der Waals surface area contributed by atoms with Crippen molar-refractivity contribution >= 4 is 6.21 Å². The van der Waals surface area contributed by atoms with Gasteiger partial charge in [-0.1, -0.05) is 0 Å². The topological polar surface area (TPSA) is 122 Å². The van der Waals surface area contributed by atoms with Crippen LogP contribution in [0.15, 0.2) is 16.9 Å². The molecule has 0 aliphatic rings. The van der Waals surface area contributed by atoms with Crippen LogP contribution < -0.4 is 5.73 Å². The van der Waals surface area contributed by atoms with Gasteiger partial charge < -0.3 is 20.3 Å². The van der Waals surface area contributed by atoms with E-state index in [0.717, 1.165) is 12.3 Å². The lowest BCUT2D eigenvalue weighted by molar-refractivity contribution is -0.426. The molecule has 0 aliphatic heterocycles. The van der Waals surface area contributed by atoms with Crippen molar-refractivity contribution in [2.24, 2.45) is 10.7 Å². The Morgan fingerprint density at radius 3 is 2.67 bits per heavy atom. The van der Waals surface area contributed by atoms with Crippen molar-refractivity contribution in [3.05, 3.63) is 22.0 Å². The van der Waals surface area contributed by atoms with Crippen LogP contribution in [0.5, 0.6) is 0 Å². The minimum Gasteiger partial charge on any atom is -0.388 e. The van der Waals surface area contributed by atoms with E-state index >= 15 is 0 Å². The van der Waals surface area contributed by atoms with Crippen LogP contribution in [0, 0.1) is 10.1 Å². The van der Waals surface area contributed by atoms with Crippen molar-refractivity contribution in [2.75, 3.05) is 6.54 Å². The van der Waals surface area contributed by atoms with E-state index < -0.39 is 22.4 Å². The van der Waals surface area contributed by atoms with E-state index in [9.17, 15) is 20.3 Å². The molecule has 1 atom stereocenters. The maximum absolute atomic E-state index is 10.0. The molecular formula is C8H15N3O4. The third-order valence-electron chi connectivity index (χ3n) is 1.66. The molecule has 0 heterocycles. The Morgan fingerprint density at radius 1 is 1.73 bits per heavy atom. The summed E-state index contributed by atoms with van der Waals surface area (Å²) in [4.78, 5) is 13.0. The zero-order chi connectivity index (χ0) is 12.1. The van der Waals surface area contributed by atoms with E-state index in [4.69, 9.17) is 5.73 Å². The summed E-state index contributed by atoms with van der Waals surface area (Å²) in [6.45, 7) is 2.83. The van der Waals surface area contributed by atoms with Crippen molar-refractivity contribution in [1.29, 1.82) is 0 Å². The number of hydrogen-bond acceptors (Lipinski definition) is 6. The van der Waals surface area contributed by atoms with Gasteiger partial charge in [-0.15, -0.1) is 0 Å². The molecule has 0 fully saturated rings. The lowest BCUT2D eigenvalue weighted by Gasteiger charge is -2.22. The first kappa shape index (κ1) is 13.5. The summed E-state index contributed by atoms with van der Waals surface area (Å²) in [7, 11) is 0. The quantitative estimate of drug-likeness (QED) is 0.318. The molecule has 0 aromatic heterocycles. The van der Waals surface area contributed by atoms with Gasteiger partial charge in [-0.3, -0.25) is 10.7 Å². The van der Waals surface area contributed by atoms with E-state index in [0.29, 0.717) is 0 Å². The van der Waals surface area contributed by atoms with Crippen molar-refractivity contribution in [2.45, 2.75) is 25.6 Å². The number of aliphatic hydroxyl groups is 2. The number of aliphatic imine (C=N–C) groups is 1. The summed E-state index contributed by atoms with van der Waals surface area (Å²) in [5, 5.41) is 28.7. The van der Waals surface area contributed by atoms with E-state index in [1.807, 2.05) is 0 Å². The summed E-state index contributed by atoms with van der Waals surface area (Å²) >= 11 is 0. The van der Waals surface area contributed by atoms with Crippen LogP contribution in [0.25, 0.3) is 0 Å². The number of hydrogen-bond donors (Lipinski definition) is 3. The Kier molecular flexibility index (Phi) is 4.89. The number of nitrogens with two attached hydrogens (primary N) is 1. The van der Waals surface area contributed by atoms with Gasteiger partial charge in [0, 0.05) is 12.3 Å². The first-order valence-electron chi connectivity index (χ1n) is 4.25. The van der Waals surface area contributed by atoms with Crippen molar-refractivity contribution in [3.63, 3.8) is 0 Å². The molecule has 4 N–H and O–H groups in total. The Hall–Kier alpha value is -1.47. The maximum atomic E-state index is 10.0. The third kappa shape index (κ3) is 5.76. The largest absolute Gasteiger partial charge is 0.388 e. The van der Waals surface area contributed by atoms with Gasteiger partial charge in [0.1, 0.15) is 6.10 Å². The maximum Gasteiger partial charge on any atom is 0.315 e. The Morgan fingerprint density at radius 2 is 2.27 bits per heavy atom. The van der Waals surface area contributed by atoms with Gasteiger partial charge >= 0.3 is 5.82 Å². The van der Waals surface area contributed by atoms with Gasteiger partial charge in [-0.05, 0) is 18.8 Å². The second kappa shape index (κ2) is 5.42. The molecule has 7 heteroatoms. The Bertz CT molecular complexity index is 280. The first-order chi connectivity index (χ1) is 6.75. The fraction of sp³-hybridized carbons (Fsp3) is 0.625. The van der Waals surface area contributed by atoms with E-state index in [1.165, 1.54) is 13.8 Å². The minimum absolute atomic E-state index is 0.0506. The molecule has 0 aromatic carbocycles. The van der Waals surface area contributed by atoms with Crippen molar-refractivity contribution < 1.29 is 15.1 Å². The summed E-state index contributed by atoms with van der Waals surface area (Å²) < 4.78 is 0. The molecule has 0 aromatic rings. The number of rotatable bonds is 5. The second-order valence-corrected chi connectivity index (χ2v) is 3.53. The zero-order valence-corrected chi connectivity index (χ0v) is 8.62. The highest BCUT2D eigenvalue weighted by molar-refractivity contribution is 5.71. The molecule has 0 saturated carbocycles. The van der Waals surface area contributed by atoms with Crippen molar-refractivity contribution in [3.8, 4) is 0 Å². The van der Waals surface area contributed by atoms with Crippen LogP contribution in [0.1, 0.15) is 13.8 Å². The minimum atomic E-state index is -1.25. The van der Waals surface area contributed by atoms with Gasteiger partial charge in [0.05, 0.1) is 12.1 Å². The average molecular weight is 217 g/mol. The van der Waals surface area contributed by atoms with Crippen LogP contribution >= 0.6 is 0 Å². The molecule has 1 unspecified atom stereocenters. The molecule has 0 radical (unpaired) electrons. The average Bonchev–Trinajstić information content (AvgIpc) is 2.09. The van der Waals surface area contributed by atoms with Crippen LogP contribution in [0.3, 0.4) is 0 Å². The number of nitrogens with zero attached hydrogens (tertiary/aromatic N) is 2. The highest BCUT2D eigenvalue weighted by Gasteiger charge is 2.23. The molecule has 7 nitrogen and oxygen atoms in total. The molecule has 0 bridgehead atoms. The van der Waals surface area contributed by atoms with Gasteiger partial charge in [0.2, 0.25) is 0 Å². The Labute approximate surface area is 87.1 Å². The van der Waals surface area contributed by atoms with E-state index in [1.54, 1.807) is 0 Å². The molecule has 0 amide bonds. The summed E-state index contributed by atoms with van der Waals surface area (Å²) in [5.41, 5.74) is 3.72. The van der Waals surface area contributed by atoms with Gasteiger partial charge in [-0.25, -0.2) is 0 Å². The Balaban J connectivity index is 4.13. The monoisotopic (exact) mass is 217 g/mol. The standard InChI is InChI=1S/C8H15N3O4/c1-8(2,13)6(12)5-10-4-3-7(9)11(14)15/h3-4,6,12-13H,5,9H2,1-2H3/b7-3+,10-4?. The van der Waals surface area contributed by atoms with Gasteiger partial charge in [0.25, 0.3) is 0 Å². The van der Waals surface area contributed by atoms with E-state index in [-0.39, 0.29) is 6.54 Å². The van der Waals surface area contributed by atoms with Gasteiger partial charge in [0.15, 0.2) is 0 Å². The zero-order valence-electron chi connectivity index (χ0n) is 8.62. The summed E-state index contributed by atoms with van der Waals surface area (Å²) in [5.74, 6) is -0.531. The highest BCUT2D eigenvalue weighted by Crippen LogP contribution is 2.07. The fourth-order valence-electron chi connectivity index (χ4n) is 0.574. The molecule has 0 saturated heterocycles. The van der Waals surface area contributed by atoms with Gasteiger partial charge in [-0.2, -0.15) is 0 Å². The molecule has 0 aliphatic carbocycles. The lowest BCUT2D eigenvalue weighted by Crippen LogP contribution is -2.37. The number of aliphatic hydroxyl groups excluding tert-OH is 1. The van der Waals surface area contributed by atoms with Crippen LogP contribution in [0.4, 0.5) is 0 Å². The SMILES string of the molecule is CC(C)(O)C(O)CN=C/C=C(\N)[N+](=O)[O-]. The molecule has 15 heavy (non-hydrogen) atoms. The predicted octanol–water partition coefficient (Wildman–Crippen LogP) is -0.734. The van der Waals surface area contributed by atoms with E-state index in [2.05, 4.69) is 4.99 Å². The van der Waals surface area contributed by atoms with Crippen LogP contribution in [-0.2, 0) is 0 Å². The lowest BCUT2D eigenvalue weighted by atomic mass is 10.0. The van der Waals surface area contributed by atoms with Crippen LogP contribution in [0.2, 0.25) is 0 Å². The highest BCUT2D eigenvalue weighted by atomic mass is 16.6. The second-order valence-electron chi connectivity index (χ2n) is 3.53. The normalized spacial score (nSPS) is 15.6. The number of allylic oxidation sites excluding steroid dienone is 1.